The van der Waals surface area contributed by atoms with E-state index < -0.39 is 12.1 Å². The Bertz CT molecular complexity index is 2280. The molecule has 10 nitrogen and oxygen atoms in total. The average molecular weight is 767 g/mol. The fourth-order valence-electron chi connectivity index (χ4n) is 7.69. The van der Waals surface area contributed by atoms with Crippen molar-refractivity contribution in [2.24, 2.45) is 0 Å². The molecule has 0 aliphatic carbocycles. The number of likely N-dealkylation sites (tertiary alicyclic amines) is 2. The van der Waals surface area contributed by atoms with Crippen LogP contribution >= 0.6 is 0 Å². The van der Waals surface area contributed by atoms with Crippen molar-refractivity contribution in [1.29, 1.82) is 0 Å². The monoisotopic (exact) mass is 766 g/mol. The van der Waals surface area contributed by atoms with Crippen molar-refractivity contribution >= 4 is 47.2 Å². The number of carbonyl (C=O) groups excluding carboxylic acids is 4. The lowest BCUT2D eigenvalue weighted by Gasteiger charge is -2.24. The third-order valence-corrected chi connectivity index (χ3v) is 10.6. The number of benzene rings is 4. The normalized spacial score (nSPS) is 16.3. The van der Waals surface area contributed by atoms with Gasteiger partial charge in [-0.2, -0.15) is 0 Å². The molecule has 0 spiro atoms. The molecule has 2 aliphatic heterocycles. The number of nitrogens with zero attached hydrogens (tertiary/aromatic N) is 4. The number of nitrogens with one attached hydrogen (secondary N) is 2. The maximum absolute atomic E-state index is 13.7. The summed E-state index contributed by atoms with van der Waals surface area (Å²) < 4.78 is 0. The van der Waals surface area contributed by atoms with Gasteiger partial charge in [-0.25, -0.2) is 0 Å². The fraction of sp³-hybridized carbons (Fsp3) is 0.167. The number of anilines is 2. The number of pyridine rings is 2. The van der Waals surface area contributed by atoms with Crippen LogP contribution in [0.5, 0.6) is 0 Å². The molecule has 1 unspecified atom stereocenters. The summed E-state index contributed by atoms with van der Waals surface area (Å²) >= 11 is 0. The summed E-state index contributed by atoms with van der Waals surface area (Å²) in [6, 6.07) is 40.6. The Morgan fingerprint density at radius 1 is 0.500 bits per heavy atom. The van der Waals surface area contributed by atoms with Gasteiger partial charge in [0.25, 0.3) is 11.8 Å². The van der Waals surface area contributed by atoms with E-state index >= 15 is 0 Å². The smallest absolute Gasteiger partial charge is 0.273 e. The van der Waals surface area contributed by atoms with Gasteiger partial charge in [-0.3, -0.25) is 29.1 Å². The molecule has 2 fully saturated rings. The van der Waals surface area contributed by atoms with Crippen LogP contribution in [0.1, 0.15) is 57.8 Å². The molecule has 0 radical (unpaired) electrons. The van der Waals surface area contributed by atoms with E-state index in [1.54, 1.807) is 22.2 Å². The molecule has 4 aromatic carbocycles. The van der Waals surface area contributed by atoms with Crippen LogP contribution in [0.2, 0.25) is 0 Å². The van der Waals surface area contributed by atoms with Crippen LogP contribution in [0, 0.1) is 0 Å². The molecule has 0 bridgehead atoms. The topological polar surface area (TPSA) is 125 Å². The van der Waals surface area contributed by atoms with Gasteiger partial charge in [0.15, 0.2) is 0 Å². The molecule has 2 aliphatic rings. The summed E-state index contributed by atoms with van der Waals surface area (Å²) in [5.74, 6) is -0.953. The lowest BCUT2D eigenvalue weighted by Crippen LogP contribution is -2.43. The lowest BCUT2D eigenvalue weighted by molar-refractivity contribution is -0.120. The van der Waals surface area contributed by atoms with Crippen LogP contribution in [0.4, 0.5) is 11.4 Å². The highest BCUT2D eigenvalue weighted by molar-refractivity contribution is 6.05. The Labute approximate surface area is 337 Å². The molecule has 8 rings (SSSR count). The van der Waals surface area contributed by atoms with Crippen LogP contribution in [-0.4, -0.2) is 68.6 Å². The Balaban J connectivity index is 0.856. The Hall–Kier alpha value is -7.20. The van der Waals surface area contributed by atoms with Crippen LogP contribution < -0.4 is 10.6 Å². The van der Waals surface area contributed by atoms with E-state index in [1.807, 2.05) is 146 Å². The third kappa shape index (κ3) is 8.31. The maximum atomic E-state index is 13.7. The molecule has 4 heterocycles. The predicted molar refractivity (Wildman–Crippen MR) is 227 cm³/mol. The molecule has 0 saturated carbocycles. The predicted octanol–water partition coefficient (Wildman–Crippen LogP) is 8.47. The van der Waals surface area contributed by atoms with Crippen LogP contribution in [0.15, 0.2) is 146 Å². The first-order valence-corrected chi connectivity index (χ1v) is 19.6. The second kappa shape index (κ2) is 17.3. The van der Waals surface area contributed by atoms with E-state index in [2.05, 4.69) is 20.6 Å². The highest BCUT2D eigenvalue weighted by Gasteiger charge is 2.37. The Kier molecular flexibility index (Phi) is 11.2. The van der Waals surface area contributed by atoms with Gasteiger partial charge in [-0.15, -0.1) is 0 Å². The van der Waals surface area contributed by atoms with Gasteiger partial charge in [0.05, 0.1) is 0 Å². The van der Waals surface area contributed by atoms with Gasteiger partial charge in [0.2, 0.25) is 11.8 Å². The van der Waals surface area contributed by atoms with E-state index in [0.717, 1.165) is 46.2 Å². The van der Waals surface area contributed by atoms with E-state index in [9.17, 15) is 19.2 Å². The van der Waals surface area contributed by atoms with Crippen LogP contribution in [0.3, 0.4) is 0 Å². The Morgan fingerprint density at radius 2 is 0.897 bits per heavy atom. The molecule has 6 aromatic rings. The molecule has 10 heteroatoms. The first-order chi connectivity index (χ1) is 28.4. The van der Waals surface area contributed by atoms with Gasteiger partial charge in [0.1, 0.15) is 23.5 Å². The van der Waals surface area contributed by atoms with E-state index in [1.165, 1.54) is 0 Å². The van der Waals surface area contributed by atoms with Crippen molar-refractivity contribution in [3.8, 4) is 22.3 Å². The van der Waals surface area contributed by atoms with Crippen molar-refractivity contribution in [3.63, 3.8) is 0 Å². The second-order valence-corrected chi connectivity index (χ2v) is 14.4. The number of amides is 4. The van der Waals surface area contributed by atoms with Crippen molar-refractivity contribution in [2.45, 2.75) is 37.8 Å². The lowest BCUT2D eigenvalue weighted by atomic mass is 10.0. The zero-order chi connectivity index (χ0) is 39.8. The van der Waals surface area contributed by atoms with Gasteiger partial charge in [0, 0.05) is 48.0 Å². The van der Waals surface area contributed by atoms with Gasteiger partial charge in [-0.05, 0) is 84.3 Å². The van der Waals surface area contributed by atoms with E-state index in [0.29, 0.717) is 48.7 Å². The van der Waals surface area contributed by atoms with Crippen LogP contribution in [0.25, 0.3) is 34.4 Å². The molecule has 58 heavy (non-hydrogen) atoms. The number of rotatable bonds is 10. The maximum Gasteiger partial charge on any atom is 0.273 e. The Morgan fingerprint density at radius 3 is 1.29 bits per heavy atom. The summed E-state index contributed by atoms with van der Waals surface area (Å²) in [5.41, 5.74) is 7.12. The van der Waals surface area contributed by atoms with Gasteiger partial charge in [-0.1, -0.05) is 109 Å². The second-order valence-electron chi connectivity index (χ2n) is 14.4. The van der Waals surface area contributed by atoms with Gasteiger partial charge >= 0.3 is 0 Å². The summed E-state index contributed by atoms with van der Waals surface area (Å²) in [7, 11) is 0. The van der Waals surface area contributed by atoms with Crippen LogP contribution in [-0.2, 0) is 9.59 Å². The van der Waals surface area contributed by atoms with Crippen molar-refractivity contribution in [2.75, 3.05) is 23.7 Å². The van der Waals surface area contributed by atoms with E-state index in [-0.39, 0.29) is 23.6 Å². The third-order valence-electron chi connectivity index (χ3n) is 10.6. The molecular formula is C48H42N6O4. The molecule has 2 saturated heterocycles. The fourth-order valence-corrected chi connectivity index (χ4v) is 7.69. The van der Waals surface area contributed by atoms with Gasteiger partial charge < -0.3 is 20.4 Å². The minimum absolute atomic E-state index is 0.226. The van der Waals surface area contributed by atoms with Crippen molar-refractivity contribution in [1.82, 2.24) is 19.8 Å². The molecular weight excluding hydrogens is 725 g/mol. The first kappa shape index (κ1) is 37.7. The first-order valence-electron chi connectivity index (χ1n) is 19.6. The molecule has 288 valence electrons. The van der Waals surface area contributed by atoms with Crippen molar-refractivity contribution in [3.05, 3.63) is 168 Å². The minimum atomic E-state index is -0.593. The SMILES string of the molecule is O=C(Nc1ccc(/C=C/c2ccc(NC(=O)[C@@H]3CCCN3C(=O)c3ncccc3-c3ccccc3)cc2)cc1)C1CCCN1C(=O)c1ncccc1-c1ccccc1. The molecule has 2 N–H and O–H groups in total. The average Bonchev–Trinajstić information content (AvgIpc) is 3.99. The molecule has 2 atom stereocenters. The summed E-state index contributed by atoms with van der Waals surface area (Å²) in [5, 5.41) is 6.00. The largest absolute Gasteiger partial charge is 0.325 e. The standard InChI is InChI=1S/C48H42N6O4/c55-45(41-17-9-31-53(41)47(57)43-39(15-7-29-49-43)35-11-3-1-4-12-35)51-37-25-21-33(22-26-37)19-20-34-23-27-38(28-24-34)52-46(56)42-18-10-32-54(42)48(58)44-40(16-8-30-50-44)36-13-5-2-6-14-36/h1-8,11-16,19-30,41-42H,9-10,17-18,31-32H2,(H,51,55)(H,52,56)/b20-19+/t41-,42?/m0/s1. The molecule has 4 amide bonds. The number of hydrogen-bond acceptors (Lipinski definition) is 6. The number of carbonyl (C=O) groups is 4. The van der Waals surface area contributed by atoms with Crippen molar-refractivity contribution < 1.29 is 19.2 Å². The summed E-state index contributed by atoms with van der Waals surface area (Å²) in [6.45, 7) is 0.976. The minimum Gasteiger partial charge on any atom is -0.325 e. The van der Waals surface area contributed by atoms with E-state index in [4.69, 9.17) is 0 Å². The molecule has 2 aromatic heterocycles. The highest BCUT2D eigenvalue weighted by Crippen LogP contribution is 2.29. The number of aromatic nitrogens is 2. The summed E-state index contributed by atoms with van der Waals surface area (Å²) in [6.07, 6.45) is 9.78. The zero-order valence-corrected chi connectivity index (χ0v) is 31.8. The zero-order valence-electron chi connectivity index (χ0n) is 31.8. The quantitative estimate of drug-likeness (QED) is 0.135. The summed E-state index contributed by atoms with van der Waals surface area (Å²) in [4.78, 5) is 66.5. The highest BCUT2D eigenvalue weighted by atomic mass is 16.2. The number of hydrogen-bond donors (Lipinski definition) is 2.